The van der Waals surface area contributed by atoms with Crippen molar-refractivity contribution in [2.45, 2.75) is 33.3 Å². The van der Waals surface area contributed by atoms with Crippen molar-refractivity contribution in [3.8, 4) is 0 Å². The molecule has 0 aliphatic carbocycles. The molecule has 1 fully saturated rings. The zero-order chi connectivity index (χ0) is 10.9. The average Bonchev–Trinajstić information content (AvgIpc) is 2.26. The summed E-state index contributed by atoms with van der Waals surface area (Å²) < 4.78 is 17.0. The average molecular weight is 221 g/mol. The second-order valence-corrected chi connectivity index (χ2v) is 5.61. The van der Waals surface area contributed by atoms with Crippen LogP contribution in [0.4, 0.5) is 4.79 Å². The quantitative estimate of drug-likeness (QED) is 0.726. The van der Waals surface area contributed by atoms with E-state index in [1.54, 1.807) is 0 Å². The summed E-state index contributed by atoms with van der Waals surface area (Å²) in [5.41, 5.74) is 0.0450. The molecule has 0 aromatic carbocycles. The van der Waals surface area contributed by atoms with E-state index in [2.05, 4.69) is 0 Å². The van der Waals surface area contributed by atoms with Crippen molar-refractivity contribution in [3.63, 3.8) is 0 Å². The first-order chi connectivity index (χ1) is 6.29. The van der Waals surface area contributed by atoms with Crippen molar-refractivity contribution in [1.29, 1.82) is 0 Å². The van der Waals surface area contributed by atoms with Crippen LogP contribution in [0.15, 0.2) is 0 Å². The molecule has 1 amide bonds. The van der Waals surface area contributed by atoms with Crippen LogP contribution in [-0.4, -0.2) is 32.4 Å². The lowest BCUT2D eigenvalue weighted by Crippen LogP contribution is -2.29. The molecular formula is C8H15NO4S. The van der Waals surface area contributed by atoms with Crippen LogP contribution in [0.3, 0.4) is 0 Å². The van der Waals surface area contributed by atoms with Crippen LogP contribution in [0.5, 0.6) is 0 Å². The van der Waals surface area contributed by atoms with E-state index in [0.717, 1.165) is 4.31 Å². The van der Waals surface area contributed by atoms with Gasteiger partial charge in [-0.05, 0) is 11.8 Å². The normalized spacial score (nSPS) is 28.1. The fourth-order valence-corrected chi connectivity index (χ4v) is 2.25. The van der Waals surface area contributed by atoms with Gasteiger partial charge in [-0.25, -0.2) is 13.3 Å². The molecular weight excluding hydrogens is 206 g/mol. The standard InChI is InChI=1S/C8H15NO4S/c1-8(2,3)4-6-5-9(7(10)11)14(12)13-6/h6H,4-5H2,1-3H3,(H,10,11)/t6-,14?/m0/s1. The summed E-state index contributed by atoms with van der Waals surface area (Å²) in [7, 11) is 0. The van der Waals surface area contributed by atoms with Crippen LogP contribution >= 0.6 is 0 Å². The summed E-state index contributed by atoms with van der Waals surface area (Å²) in [4.78, 5) is 10.6. The summed E-state index contributed by atoms with van der Waals surface area (Å²) in [6.07, 6.45) is -0.755. The van der Waals surface area contributed by atoms with Crippen molar-refractivity contribution >= 4 is 17.4 Å². The first-order valence-electron chi connectivity index (χ1n) is 4.39. The Balaban J connectivity index is 2.55. The van der Waals surface area contributed by atoms with Crippen LogP contribution in [0.1, 0.15) is 27.2 Å². The third-order valence-corrected chi connectivity index (χ3v) is 2.92. The number of rotatable bonds is 1. The maximum atomic E-state index is 11.1. The largest absolute Gasteiger partial charge is 0.464 e. The minimum Gasteiger partial charge on any atom is -0.464 e. The fourth-order valence-electron chi connectivity index (χ4n) is 1.37. The van der Waals surface area contributed by atoms with E-state index in [0.29, 0.717) is 6.42 Å². The Kier molecular flexibility index (Phi) is 3.16. The van der Waals surface area contributed by atoms with Crippen molar-refractivity contribution in [2.75, 3.05) is 6.54 Å². The molecule has 1 N–H and O–H groups in total. The molecule has 1 unspecified atom stereocenters. The zero-order valence-electron chi connectivity index (χ0n) is 8.52. The molecule has 0 aromatic rings. The van der Waals surface area contributed by atoms with Crippen molar-refractivity contribution in [1.82, 2.24) is 4.31 Å². The second-order valence-electron chi connectivity index (χ2n) is 4.54. The third kappa shape index (κ3) is 2.95. The molecule has 1 aliphatic rings. The molecule has 82 valence electrons. The summed E-state index contributed by atoms with van der Waals surface area (Å²) in [5, 5.41) is 8.65. The minimum absolute atomic E-state index is 0.0450. The van der Waals surface area contributed by atoms with E-state index >= 15 is 0 Å². The summed E-state index contributed by atoms with van der Waals surface area (Å²) >= 11 is -1.82. The highest BCUT2D eigenvalue weighted by atomic mass is 32.2. The first-order valence-corrected chi connectivity index (χ1v) is 5.42. The van der Waals surface area contributed by atoms with Gasteiger partial charge in [0.2, 0.25) is 0 Å². The van der Waals surface area contributed by atoms with E-state index in [9.17, 15) is 9.00 Å². The maximum absolute atomic E-state index is 11.1. The molecule has 0 aromatic heterocycles. The van der Waals surface area contributed by atoms with Gasteiger partial charge in [0.15, 0.2) is 0 Å². The number of nitrogens with zero attached hydrogens (tertiary/aromatic N) is 1. The van der Waals surface area contributed by atoms with Gasteiger partial charge in [0.1, 0.15) is 0 Å². The Morgan fingerprint density at radius 3 is 2.57 bits per heavy atom. The van der Waals surface area contributed by atoms with Crippen LogP contribution in [0.25, 0.3) is 0 Å². The number of carboxylic acid groups (broad SMARTS) is 1. The van der Waals surface area contributed by atoms with Gasteiger partial charge >= 0.3 is 6.09 Å². The van der Waals surface area contributed by atoms with Crippen LogP contribution in [-0.2, 0) is 15.4 Å². The SMILES string of the molecule is CC(C)(C)C[C@H]1CN(C(=O)O)S(=O)O1. The van der Waals surface area contributed by atoms with Crippen molar-refractivity contribution in [3.05, 3.63) is 0 Å². The second kappa shape index (κ2) is 3.86. The van der Waals surface area contributed by atoms with E-state index in [1.165, 1.54) is 0 Å². The zero-order valence-corrected chi connectivity index (χ0v) is 9.34. The Labute approximate surface area is 85.8 Å². The van der Waals surface area contributed by atoms with Gasteiger partial charge in [0.05, 0.1) is 12.6 Å². The molecule has 2 atom stereocenters. The molecule has 5 nitrogen and oxygen atoms in total. The molecule has 1 saturated heterocycles. The number of hydrogen-bond donors (Lipinski definition) is 1. The van der Waals surface area contributed by atoms with E-state index < -0.39 is 17.4 Å². The van der Waals surface area contributed by atoms with Crippen LogP contribution in [0.2, 0.25) is 0 Å². The van der Waals surface area contributed by atoms with Gasteiger partial charge in [-0.1, -0.05) is 20.8 Å². The Morgan fingerprint density at radius 1 is 1.64 bits per heavy atom. The molecule has 1 aliphatic heterocycles. The summed E-state index contributed by atoms with van der Waals surface area (Å²) in [5.74, 6) is 0. The lowest BCUT2D eigenvalue weighted by atomic mass is 9.89. The predicted molar refractivity (Wildman–Crippen MR) is 51.8 cm³/mol. The molecule has 0 saturated carbocycles. The highest BCUT2D eigenvalue weighted by molar-refractivity contribution is 7.78. The fraction of sp³-hybridized carbons (Fsp3) is 0.875. The van der Waals surface area contributed by atoms with Gasteiger partial charge in [-0.2, -0.15) is 0 Å². The van der Waals surface area contributed by atoms with Crippen molar-refractivity contribution < 1.29 is 18.3 Å². The molecule has 1 rings (SSSR count). The van der Waals surface area contributed by atoms with Crippen LogP contribution < -0.4 is 0 Å². The monoisotopic (exact) mass is 221 g/mol. The molecule has 0 bridgehead atoms. The number of amides is 1. The first kappa shape index (κ1) is 11.5. The van der Waals surface area contributed by atoms with Gasteiger partial charge in [-0.3, -0.25) is 4.18 Å². The molecule has 14 heavy (non-hydrogen) atoms. The maximum Gasteiger partial charge on any atom is 0.421 e. The van der Waals surface area contributed by atoms with Gasteiger partial charge < -0.3 is 5.11 Å². The van der Waals surface area contributed by atoms with E-state index in [-0.39, 0.29) is 18.1 Å². The molecule has 6 heteroatoms. The highest BCUT2D eigenvalue weighted by Gasteiger charge is 2.36. The van der Waals surface area contributed by atoms with E-state index in [4.69, 9.17) is 9.29 Å². The minimum atomic E-state index is -1.82. The lowest BCUT2D eigenvalue weighted by molar-refractivity contribution is 0.160. The summed E-state index contributed by atoms with van der Waals surface area (Å²) in [6, 6.07) is 0. The van der Waals surface area contributed by atoms with Crippen LogP contribution in [0, 0.1) is 5.41 Å². The smallest absolute Gasteiger partial charge is 0.421 e. The van der Waals surface area contributed by atoms with Gasteiger partial charge in [-0.15, -0.1) is 0 Å². The Bertz CT molecular complexity index is 261. The highest BCUT2D eigenvalue weighted by Crippen LogP contribution is 2.27. The van der Waals surface area contributed by atoms with Gasteiger partial charge in [0.25, 0.3) is 11.3 Å². The molecule has 0 spiro atoms. The molecule has 1 heterocycles. The predicted octanol–water partition coefficient (Wildman–Crippen LogP) is 1.38. The topological polar surface area (TPSA) is 66.8 Å². The van der Waals surface area contributed by atoms with Gasteiger partial charge in [0, 0.05) is 0 Å². The number of hydrogen-bond acceptors (Lipinski definition) is 3. The lowest BCUT2D eigenvalue weighted by Gasteiger charge is -2.20. The van der Waals surface area contributed by atoms with E-state index in [1.807, 2.05) is 20.8 Å². The number of carbonyl (C=O) groups is 1. The molecule has 0 radical (unpaired) electrons. The Hall–Kier alpha value is -0.620. The van der Waals surface area contributed by atoms with Crippen molar-refractivity contribution in [2.24, 2.45) is 5.41 Å². The third-order valence-electron chi connectivity index (χ3n) is 1.82. The summed E-state index contributed by atoms with van der Waals surface area (Å²) in [6.45, 7) is 6.29. The Morgan fingerprint density at radius 2 is 2.21 bits per heavy atom.